The molecule has 1 N–H and O–H groups in total. The molecule has 0 unspecified atom stereocenters. The first-order chi connectivity index (χ1) is 15.7. The third-order valence-corrected chi connectivity index (χ3v) is 6.69. The maximum atomic E-state index is 13.1. The highest BCUT2D eigenvalue weighted by molar-refractivity contribution is 7.89. The van der Waals surface area contributed by atoms with Crippen LogP contribution >= 0.6 is 0 Å². The Morgan fingerprint density at radius 3 is 2.15 bits per heavy atom. The smallest absolute Gasteiger partial charge is 0.241 e. The van der Waals surface area contributed by atoms with E-state index in [-0.39, 0.29) is 29.2 Å². The highest BCUT2D eigenvalue weighted by Crippen LogP contribution is 2.35. The molecule has 0 spiro atoms. The summed E-state index contributed by atoms with van der Waals surface area (Å²) in [4.78, 5) is 25.3. The Morgan fingerprint density at radius 2 is 1.55 bits per heavy atom. The minimum absolute atomic E-state index is 0.0775. The number of hydrogen-bond acceptors (Lipinski definition) is 7. The normalized spacial score (nSPS) is 15.0. The Bertz CT molecular complexity index is 1130. The van der Waals surface area contributed by atoms with Gasteiger partial charge in [0.1, 0.15) is 5.75 Å². The maximum absolute atomic E-state index is 13.1. The molecule has 2 aromatic carbocycles. The second kappa shape index (κ2) is 10.2. The summed E-state index contributed by atoms with van der Waals surface area (Å²) >= 11 is 0. The molecular formula is C23H28N2O7S. The van der Waals surface area contributed by atoms with Gasteiger partial charge in [-0.3, -0.25) is 9.59 Å². The molecule has 2 amide bonds. The third-order valence-electron chi connectivity index (χ3n) is 5.15. The fraction of sp³-hybridized carbons (Fsp3) is 0.391. The SMILES string of the molecule is CCOc1ccc([C@H](C)NS(=O)(=O)c2ccc(OC)c(N3C(=O)CCC3=O)c2)cc1OCC. The lowest BCUT2D eigenvalue weighted by Crippen LogP contribution is -2.30. The van der Waals surface area contributed by atoms with Gasteiger partial charge in [0.25, 0.3) is 0 Å². The van der Waals surface area contributed by atoms with Crippen LogP contribution in [-0.4, -0.2) is 40.6 Å². The van der Waals surface area contributed by atoms with Crippen molar-refractivity contribution in [2.75, 3.05) is 25.2 Å². The predicted octanol–water partition coefficient (Wildman–Crippen LogP) is 3.19. The summed E-state index contributed by atoms with van der Waals surface area (Å²) in [5, 5.41) is 0. The number of anilines is 1. The molecule has 1 aliphatic heterocycles. The summed E-state index contributed by atoms with van der Waals surface area (Å²) in [5.74, 6) is 0.552. The van der Waals surface area contributed by atoms with Crippen LogP contribution in [0, 0.1) is 0 Å². The Hall–Kier alpha value is -3.11. The van der Waals surface area contributed by atoms with Crippen molar-refractivity contribution in [3.63, 3.8) is 0 Å². The van der Waals surface area contributed by atoms with Crippen LogP contribution in [0.3, 0.4) is 0 Å². The first-order valence-corrected chi connectivity index (χ1v) is 12.2. The summed E-state index contributed by atoms with van der Waals surface area (Å²) in [6, 6.07) is 8.72. The van der Waals surface area contributed by atoms with Crippen molar-refractivity contribution in [3.8, 4) is 17.2 Å². The Labute approximate surface area is 193 Å². The number of hydrogen-bond donors (Lipinski definition) is 1. The van der Waals surface area contributed by atoms with Crippen LogP contribution in [-0.2, 0) is 19.6 Å². The number of rotatable bonds is 10. The van der Waals surface area contributed by atoms with E-state index in [1.54, 1.807) is 25.1 Å². The van der Waals surface area contributed by atoms with Gasteiger partial charge < -0.3 is 14.2 Å². The van der Waals surface area contributed by atoms with Gasteiger partial charge in [-0.05, 0) is 56.7 Å². The number of amides is 2. The number of imide groups is 1. The molecule has 10 heteroatoms. The summed E-state index contributed by atoms with van der Waals surface area (Å²) in [5.41, 5.74) is 0.796. The van der Waals surface area contributed by atoms with E-state index in [0.717, 1.165) is 4.90 Å². The molecule has 9 nitrogen and oxygen atoms in total. The number of nitrogens with one attached hydrogen (secondary N) is 1. The van der Waals surface area contributed by atoms with Crippen LogP contribution in [0.1, 0.15) is 45.2 Å². The average Bonchev–Trinajstić information content (AvgIpc) is 3.12. The fourth-order valence-electron chi connectivity index (χ4n) is 3.56. The van der Waals surface area contributed by atoms with Crippen molar-refractivity contribution in [3.05, 3.63) is 42.0 Å². The maximum Gasteiger partial charge on any atom is 0.241 e. The topological polar surface area (TPSA) is 111 Å². The Morgan fingerprint density at radius 1 is 0.939 bits per heavy atom. The molecule has 0 radical (unpaired) electrons. The minimum Gasteiger partial charge on any atom is -0.495 e. The van der Waals surface area contributed by atoms with E-state index < -0.39 is 27.9 Å². The van der Waals surface area contributed by atoms with Crippen LogP contribution in [0.2, 0.25) is 0 Å². The first-order valence-electron chi connectivity index (χ1n) is 10.7. The molecule has 178 valence electrons. The molecule has 0 aliphatic carbocycles. The summed E-state index contributed by atoms with van der Waals surface area (Å²) in [7, 11) is -2.60. The van der Waals surface area contributed by atoms with E-state index >= 15 is 0 Å². The van der Waals surface area contributed by atoms with Crippen molar-refractivity contribution >= 4 is 27.5 Å². The van der Waals surface area contributed by atoms with Crippen LogP contribution in [0.15, 0.2) is 41.3 Å². The van der Waals surface area contributed by atoms with Crippen LogP contribution in [0.4, 0.5) is 5.69 Å². The number of carbonyl (C=O) groups excluding carboxylic acids is 2. The number of methoxy groups -OCH3 is 1. The van der Waals surface area contributed by atoms with Gasteiger partial charge >= 0.3 is 0 Å². The number of sulfonamides is 1. The molecule has 0 saturated carbocycles. The molecule has 1 aliphatic rings. The van der Waals surface area contributed by atoms with Crippen LogP contribution in [0.5, 0.6) is 17.2 Å². The van der Waals surface area contributed by atoms with Gasteiger partial charge in [0.05, 0.1) is 30.9 Å². The van der Waals surface area contributed by atoms with E-state index in [4.69, 9.17) is 14.2 Å². The summed E-state index contributed by atoms with van der Waals surface area (Å²) in [6.45, 7) is 6.34. The third kappa shape index (κ3) is 5.28. The van der Waals surface area contributed by atoms with E-state index in [2.05, 4.69) is 4.72 Å². The summed E-state index contributed by atoms with van der Waals surface area (Å²) in [6.07, 6.45) is 0.155. The molecule has 1 heterocycles. The van der Waals surface area contributed by atoms with Gasteiger partial charge in [-0.15, -0.1) is 0 Å². The molecule has 1 fully saturated rings. The lowest BCUT2D eigenvalue weighted by Gasteiger charge is -2.20. The molecule has 33 heavy (non-hydrogen) atoms. The second-order valence-electron chi connectivity index (χ2n) is 7.37. The van der Waals surface area contributed by atoms with Gasteiger partial charge in [-0.2, -0.15) is 0 Å². The molecule has 2 aromatic rings. The van der Waals surface area contributed by atoms with Gasteiger partial charge in [-0.1, -0.05) is 6.07 Å². The quantitative estimate of drug-likeness (QED) is 0.524. The molecule has 1 atom stereocenters. The van der Waals surface area contributed by atoms with E-state index in [0.29, 0.717) is 30.3 Å². The number of nitrogens with zero attached hydrogens (tertiary/aromatic N) is 1. The van der Waals surface area contributed by atoms with Crippen molar-refractivity contribution in [1.82, 2.24) is 4.72 Å². The minimum atomic E-state index is -3.99. The first kappa shape index (κ1) is 24.5. The average molecular weight is 477 g/mol. The van der Waals surface area contributed by atoms with E-state index in [1.165, 1.54) is 25.3 Å². The Kier molecular flexibility index (Phi) is 7.60. The highest BCUT2D eigenvalue weighted by atomic mass is 32.2. The molecular weight excluding hydrogens is 448 g/mol. The van der Waals surface area contributed by atoms with Crippen molar-refractivity contribution < 1.29 is 32.2 Å². The monoisotopic (exact) mass is 476 g/mol. The van der Waals surface area contributed by atoms with Gasteiger partial charge in [-0.25, -0.2) is 18.0 Å². The predicted molar refractivity (Wildman–Crippen MR) is 122 cm³/mol. The van der Waals surface area contributed by atoms with Crippen LogP contribution in [0.25, 0.3) is 0 Å². The molecule has 3 rings (SSSR count). The van der Waals surface area contributed by atoms with Gasteiger partial charge in [0.15, 0.2) is 11.5 Å². The molecule has 0 bridgehead atoms. The van der Waals surface area contributed by atoms with E-state index in [1.807, 2.05) is 13.8 Å². The standard InChI is InChI=1S/C23H28N2O7S/c1-5-31-20-9-7-16(13-21(20)32-6-2)15(3)24-33(28,29)17-8-10-19(30-4)18(14-17)25-22(26)11-12-23(25)27/h7-10,13-15,24H,5-6,11-12H2,1-4H3/t15-/m0/s1. The lowest BCUT2D eigenvalue weighted by molar-refractivity contribution is -0.121. The zero-order chi connectivity index (χ0) is 24.2. The van der Waals surface area contributed by atoms with Crippen LogP contribution < -0.4 is 23.8 Å². The summed E-state index contributed by atoms with van der Waals surface area (Å²) < 4.78 is 45.3. The second-order valence-corrected chi connectivity index (χ2v) is 9.09. The van der Waals surface area contributed by atoms with Gasteiger partial charge in [0, 0.05) is 18.9 Å². The molecule has 0 aromatic heterocycles. The van der Waals surface area contributed by atoms with E-state index in [9.17, 15) is 18.0 Å². The number of ether oxygens (including phenoxy) is 3. The Balaban J connectivity index is 1.90. The molecule has 1 saturated heterocycles. The largest absolute Gasteiger partial charge is 0.495 e. The van der Waals surface area contributed by atoms with Crippen molar-refractivity contribution in [1.29, 1.82) is 0 Å². The fourth-order valence-corrected chi connectivity index (χ4v) is 4.81. The van der Waals surface area contributed by atoms with Gasteiger partial charge in [0.2, 0.25) is 21.8 Å². The highest BCUT2D eigenvalue weighted by Gasteiger charge is 2.33. The zero-order valence-electron chi connectivity index (χ0n) is 19.1. The van der Waals surface area contributed by atoms with Crippen molar-refractivity contribution in [2.24, 2.45) is 0 Å². The van der Waals surface area contributed by atoms with Crippen molar-refractivity contribution in [2.45, 2.75) is 44.6 Å². The lowest BCUT2D eigenvalue weighted by atomic mass is 10.1. The number of benzene rings is 2. The zero-order valence-corrected chi connectivity index (χ0v) is 19.9. The number of carbonyl (C=O) groups is 2.